The maximum Gasteiger partial charge on any atom is 0.0959 e. The van der Waals surface area contributed by atoms with Crippen molar-refractivity contribution in [2.75, 3.05) is 6.26 Å². The van der Waals surface area contributed by atoms with Gasteiger partial charge in [0.25, 0.3) is 0 Å². The Kier molecular flexibility index (Phi) is 4.30. The van der Waals surface area contributed by atoms with Crippen molar-refractivity contribution in [1.29, 1.82) is 0 Å². The molecule has 12 heavy (non-hydrogen) atoms. The van der Waals surface area contributed by atoms with Crippen LogP contribution < -0.4 is 0 Å². The minimum atomic E-state index is -2.57. The summed E-state index contributed by atoms with van der Waals surface area (Å²) in [6.07, 6.45) is 4.43. The Bertz CT molecular complexity index is 230. The largest absolute Gasteiger partial charge is 0.295 e. The van der Waals surface area contributed by atoms with E-state index < -0.39 is 10.6 Å². The fourth-order valence-corrected chi connectivity index (χ4v) is 1.20. The predicted octanol–water partition coefficient (Wildman–Crippen LogP) is 2.19. The molecule has 0 unspecified atom stereocenters. The van der Waals surface area contributed by atoms with Gasteiger partial charge < -0.3 is 0 Å². The second-order valence-corrected chi connectivity index (χ2v) is 4.32. The van der Waals surface area contributed by atoms with E-state index in [0.29, 0.717) is 4.90 Å². The maximum absolute atomic E-state index is 9.09. The molecule has 0 aromatic carbocycles. The molecule has 0 saturated heterocycles. The molecule has 1 aromatic rings. The molecule has 2 N–H and O–H groups in total. The Hall–Kier alpha value is -0.520. The van der Waals surface area contributed by atoms with Gasteiger partial charge in [-0.15, -0.1) is 0 Å². The number of hydrogen-bond donors (Lipinski definition) is 2. The summed E-state index contributed by atoms with van der Waals surface area (Å²) in [5.74, 6) is 0. The van der Waals surface area contributed by atoms with E-state index in [2.05, 4.69) is 5.10 Å². The topological polar surface area (TPSA) is 58.3 Å². The Morgan fingerprint density at radius 3 is 2.08 bits per heavy atom. The lowest BCUT2D eigenvalue weighted by molar-refractivity contribution is 0.495. The zero-order chi connectivity index (χ0) is 9.78. The van der Waals surface area contributed by atoms with Crippen molar-refractivity contribution in [2.24, 2.45) is 7.05 Å². The highest BCUT2D eigenvalue weighted by Gasteiger charge is 2.09. The van der Waals surface area contributed by atoms with E-state index in [4.69, 9.17) is 9.11 Å². The second kappa shape index (κ2) is 4.49. The Morgan fingerprint density at radius 1 is 1.42 bits per heavy atom. The van der Waals surface area contributed by atoms with E-state index in [1.165, 1.54) is 17.1 Å². The van der Waals surface area contributed by atoms with Crippen molar-refractivity contribution in [3.05, 3.63) is 12.4 Å². The standard InChI is InChI=1S/C5H10N2O2S.C2H6/c1-7-4-5(3-6-7)10(2,8)9;1-2/h3-4,8-9H,1-2H3;1-2H3. The highest BCUT2D eigenvalue weighted by molar-refractivity contribution is 8.23. The first-order valence-electron chi connectivity index (χ1n) is 3.72. The number of hydrogen-bond acceptors (Lipinski definition) is 3. The van der Waals surface area contributed by atoms with Crippen LogP contribution in [0.1, 0.15) is 13.8 Å². The number of aromatic nitrogens is 2. The summed E-state index contributed by atoms with van der Waals surface area (Å²) >= 11 is 0. The van der Waals surface area contributed by atoms with Crippen molar-refractivity contribution in [1.82, 2.24) is 9.78 Å². The molecule has 4 nitrogen and oxygen atoms in total. The average molecular weight is 192 g/mol. The fourth-order valence-electron chi connectivity index (χ4n) is 0.598. The van der Waals surface area contributed by atoms with Crippen LogP contribution in [0.15, 0.2) is 17.3 Å². The van der Waals surface area contributed by atoms with Crippen LogP contribution in [0.2, 0.25) is 0 Å². The number of aryl methyl sites for hydroxylation is 1. The third-order valence-electron chi connectivity index (χ3n) is 1.13. The van der Waals surface area contributed by atoms with Crippen LogP contribution in [0, 0.1) is 0 Å². The first-order chi connectivity index (χ1) is 5.50. The highest BCUT2D eigenvalue weighted by Crippen LogP contribution is 2.43. The first kappa shape index (κ1) is 11.5. The first-order valence-corrected chi connectivity index (χ1v) is 5.67. The number of rotatable bonds is 1. The lowest BCUT2D eigenvalue weighted by Gasteiger charge is -2.24. The van der Waals surface area contributed by atoms with E-state index >= 15 is 0 Å². The van der Waals surface area contributed by atoms with Gasteiger partial charge in [0, 0.05) is 19.5 Å². The Labute approximate surface area is 74.6 Å². The molecule has 0 aliphatic heterocycles. The zero-order valence-electron chi connectivity index (χ0n) is 7.85. The van der Waals surface area contributed by atoms with E-state index in [0.717, 1.165) is 0 Å². The van der Waals surface area contributed by atoms with E-state index in [1.807, 2.05) is 13.8 Å². The second-order valence-electron chi connectivity index (χ2n) is 2.18. The molecule has 5 heteroatoms. The van der Waals surface area contributed by atoms with Crippen LogP contribution >= 0.6 is 10.6 Å². The van der Waals surface area contributed by atoms with Crippen LogP contribution in [0.3, 0.4) is 0 Å². The molecule has 0 aliphatic carbocycles. The zero-order valence-corrected chi connectivity index (χ0v) is 8.67. The molecule has 1 aromatic heterocycles. The van der Waals surface area contributed by atoms with Gasteiger partial charge in [-0.05, 0) is 0 Å². The molecular formula is C7H16N2O2S. The lowest BCUT2D eigenvalue weighted by atomic mass is 10.7. The Morgan fingerprint density at radius 2 is 1.92 bits per heavy atom. The van der Waals surface area contributed by atoms with Crippen molar-refractivity contribution >= 4 is 10.6 Å². The van der Waals surface area contributed by atoms with Gasteiger partial charge in [-0.3, -0.25) is 13.8 Å². The molecule has 72 valence electrons. The monoisotopic (exact) mass is 192 g/mol. The van der Waals surface area contributed by atoms with Crippen LogP contribution in [0.25, 0.3) is 0 Å². The number of nitrogens with zero attached hydrogens (tertiary/aromatic N) is 2. The van der Waals surface area contributed by atoms with E-state index in [-0.39, 0.29) is 0 Å². The minimum absolute atomic E-state index is 0.481. The lowest BCUT2D eigenvalue weighted by Crippen LogP contribution is -1.92. The van der Waals surface area contributed by atoms with Gasteiger partial charge in [-0.25, -0.2) is 0 Å². The van der Waals surface area contributed by atoms with E-state index in [9.17, 15) is 0 Å². The van der Waals surface area contributed by atoms with Crippen LogP contribution in [0.5, 0.6) is 0 Å². The van der Waals surface area contributed by atoms with Gasteiger partial charge in [0.2, 0.25) is 0 Å². The van der Waals surface area contributed by atoms with Crippen molar-refractivity contribution in [3.63, 3.8) is 0 Å². The molecule has 0 amide bonds. The molecule has 0 bridgehead atoms. The van der Waals surface area contributed by atoms with E-state index in [1.54, 1.807) is 13.2 Å². The van der Waals surface area contributed by atoms with Crippen LogP contribution in [-0.2, 0) is 7.05 Å². The van der Waals surface area contributed by atoms with Crippen molar-refractivity contribution < 1.29 is 9.11 Å². The molecule has 0 atom stereocenters. The Balaban J connectivity index is 0.000000561. The summed E-state index contributed by atoms with van der Waals surface area (Å²) in [4.78, 5) is 0.481. The van der Waals surface area contributed by atoms with Crippen molar-refractivity contribution in [3.8, 4) is 0 Å². The molecular weight excluding hydrogens is 176 g/mol. The summed E-state index contributed by atoms with van der Waals surface area (Å²) in [5, 5.41) is 3.80. The van der Waals surface area contributed by atoms with Gasteiger partial charge in [0.15, 0.2) is 0 Å². The van der Waals surface area contributed by atoms with Crippen molar-refractivity contribution in [2.45, 2.75) is 18.7 Å². The maximum atomic E-state index is 9.09. The predicted molar refractivity (Wildman–Crippen MR) is 51.6 cm³/mol. The average Bonchev–Trinajstić information content (AvgIpc) is 2.39. The fraction of sp³-hybridized carbons (Fsp3) is 0.571. The van der Waals surface area contributed by atoms with Crippen LogP contribution in [-0.4, -0.2) is 25.1 Å². The van der Waals surface area contributed by atoms with Gasteiger partial charge in [0.1, 0.15) is 0 Å². The smallest absolute Gasteiger partial charge is 0.0959 e. The minimum Gasteiger partial charge on any atom is -0.295 e. The van der Waals surface area contributed by atoms with Gasteiger partial charge in [-0.2, -0.15) is 15.7 Å². The van der Waals surface area contributed by atoms with Gasteiger partial charge in [0.05, 0.1) is 11.1 Å². The summed E-state index contributed by atoms with van der Waals surface area (Å²) in [6, 6.07) is 0. The molecule has 0 radical (unpaired) electrons. The van der Waals surface area contributed by atoms with Gasteiger partial charge >= 0.3 is 0 Å². The summed E-state index contributed by atoms with van der Waals surface area (Å²) in [6.45, 7) is 4.00. The third kappa shape index (κ3) is 3.25. The quantitative estimate of drug-likeness (QED) is 0.717. The molecule has 0 spiro atoms. The normalized spacial score (nSPS) is 11.8. The molecule has 0 saturated carbocycles. The molecule has 1 heterocycles. The van der Waals surface area contributed by atoms with Crippen LogP contribution in [0.4, 0.5) is 0 Å². The molecule has 1 rings (SSSR count). The highest BCUT2D eigenvalue weighted by atomic mass is 32.3. The summed E-state index contributed by atoms with van der Waals surface area (Å²) in [7, 11) is -0.834. The SMILES string of the molecule is CC.Cn1cc(S(C)(O)O)cn1. The summed E-state index contributed by atoms with van der Waals surface area (Å²) < 4.78 is 19.7. The molecule has 0 fully saturated rings. The van der Waals surface area contributed by atoms with Gasteiger partial charge in [-0.1, -0.05) is 13.8 Å². The third-order valence-corrected chi connectivity index (χ3v) is 2.23. The molecule has 0 aliphatic rings. The summed E-state index contributed by atoms with van der Waals surface area (Å²) in [5.41, 5.74) is 0.